The molecule has 0 saturated carbocycles. The summed E-state index contributed by atoms with van der Waals surface area (Å²) < 4.78 is 17.9. The fourth-order valence-electron chi connectivity index (χ4n) is 1.84. The van der Waals surface area contributed by atoms with Crippen LogP contribution in [-0.2, 0) is 11.2 Å². The second-order valence-corrected chi connectivity index (χ2v) is 4.47. The van der Waals surface area contributed by atoms with Crippen LogP contribution in [0.15, 0.2) is 29.1 Å². The molecule has 0 fully saturated rings. The number of hydrogen-bond donors (Lipinski definition) is 2. The van der Waals surface area contributed by atoms with Crippen LogP contribution in [0.2, 0.25) is 0 Å². The van der Waals surface area contributed by atoms with Crippen LogP contribution in [0.1, 0.15) is 12.7 Å². The van der Waals surface area contributed by atoms with Crippen LogP contribution in [0, 0.1) is 5.82 Å². The van der Waals surface area contributed by atoms with Crippen molar-refractivity contribution < 1.29 is 14.2 Å². The Morgan fingerprint density at radius 1 is 1.40 bits per heavy atom. The van der Waals surface area contributed by atoms with Crippen LogP contribution in [0.4, 0.5) is 4.39 Å². The molecule has 2 N–H and O–H groups in total. The fraction of sp³-hybridized carbons (Fsp3) is 0.286. The number of ether oxygens (including phenoxy) is 1. The number of nitrogens with one attached hydrogen (secondary N) is 1. The van der Waals surface area contributed by atoms with E-state index in [1.807, 2.05) is 6.92 Å². The minimum absolute atomic E-state index is 0.0267. The maximum absolute atomic E-state index is 12.9. The predicted octanol–water partition coefficient (Wildman–Crippen LogP) is 1.86. The van der Waals surface area contributed by atoms with Gasteiger partial charge in [-0.15, -0.1) is 0 Å². The summed E-state index contributed by atoms with van der Waals surface area (Å²) in [5, 5.41) is 9.91. The zero-order valence-electron chi connectivity index (χ0n) is 11.2. The van der Waals surface area contributed by atoms with Crippen molar-refractivity contribution in [2.75, 3.05) is 7.11 Å². The molecule has 106 valence electrons. The van der Waals surface area contributed by atoms with Crippen molar-refractivity contribution in [1.29, 1.82) is 0 Å². The molecule has 0 saturated heterocycles. The Labute approximate surface area is 115 Å². The number of nitrogens with zero attached hydrogens (tertiary/aromatic N) is 1. The molecule has 0 bridgehead atoms. The van der Waals surface area contributed by atoms with E-state index in [4.69, 9.17) is 4.74 Å². The van der Waals surface area contributed by atoms with E-state index in [-0.39, 0.29) is 17.5 Å². The first kappa shape index (κ1) is 14.2. The van der Waals surface area contributed by atoms with Crippen molar-refractivity contribution >= 4 is 0 Å². The topological polar surface area (TPSA) is 75.2 Å². The van der Waals surface area contributed by atoms with Gasteiger partial charge in [0.25, 0.3) is 5.56 Å². The summed E-state index contributed by atoms with van der Waals surface area (Å²) >= 11 is 0. The van der Waals surface area contributed by atoms with Gasteiger partial charge in [-0.05, 0) is 24.6 Å². The molecule has 1 atom stereocenters. The maximum Gasteiger partial charge on any atom is 0.262 e. The van der Waals surface area contributed by atoms with Crippen molar-refractivity contribution in [2.45, 2.75) is 19.4 Å². The predicted molar refractivity (Wildman–Crippen MR) is 72.1 cm³/mol. The fourth-order valence-corrected chi connectivity index (χ4v) is 1.84. The molecule has 0 amide bonds. The Bertz CT molecular complexity index is 652. The summed E-state index contributed by atoms with van der Waals surface area (Å²) in [6.07, 6.45) is 0.248. The largest absolute Gasteiger partial charge is 0.493 e. The van der Waals surface area contributed by atoms with E-state index >= 15 is 0 Å². The molecular formula is C14H15FN2O3. The second kappa shape index (κ2) is 5.83. The minimum Gasteiger partial charge on any atom is -0.493 e. The van der Waals surface area contributed by atoms with E-state index in [1.165, 1.54) is 24.3 Å². The minimum atomic E-state index is -0.470. The van der Waals surface area contributed by atoms with Crippen LogP contribution in [0.3, 0.4) is 0 Å². The summed E-state index contributed by atoms with van der Waals surface area (Å²) in [6, 6.07) is 5.27. The number of aromatic amines is 1. The lowest BCUT2D eigenvalue weighted by Crippen LogP contribution is -2.18. The third-order valence-electron chi connectivity index (χ3n) is 2.97. The molecule has 6 heteroatoms. The van der Waals surface area contributed by atoms with Gasteiger partial charge in [0, 0.05) is 13.5 Å². The number of methoxy groups -OCH3 is 1. The Morgan fingerprint density at radius 3 is 2.60 bits per heavy atom. The summed E-state index contributed by atoms with van der Waals surface area (Å²) in [5.74, 6) is -0.450. The van der Waals surface area contributed by atoms with Crippen LogP contribution in [0.25, 0.3) is 11.1 Å². The highest BCUT2D eigenvalue weighted by Crippen LogP contribution is 2.23. The van der Waals surface area contributed by atoms with E-state index in [0.717, 1.165) is 0 Å². The molecule has 1 unspecified atom stereocenters. The molecule has 1 aromatic carbocycles. The molecule has 2 rings (SSSR count). The van der Waals surface area contributed by atoms with Gasteiger partial charge >= 0.3 is 0 Å². The SMILES string of the molecule is COC(C)Cc1nc(O)c(-c2ccc(F)cc2)c(=O)[nH]1. The van der Waals surface area contributed by atoms with Gasteiger partial charge in [0.1, 0.15) is 17.2 Å². The average Bonchev–Trinajstić information content (AvgIpc) is 2.40. The lowest BCUT2D eigenvalue weighted by Gasteiger charge is -2.10. The number of halogens is 1. The highest BCUT2D eigenvalue weighted by molar-refractivity contribution is 5.66. The molecule has 0 aliphatic rings. The van der Waals surface area contributed by atoms with Gasteiger partial charge < -0.3 is 14.8 Å². The lowest BCUT2D eigenvalue weighted by atomic mass is 10.1. The van der Waals surface area contributed by atoms with Crippen molar-refractivity contribution in [2.24, 2.45) is 0 Å². The number of aromatic hydroxyl groups is 1. The first-order valence-electron chi connectivity index (χ1n) is 6.12. The molecule has 0 aliphatic carbocycles. The van der Waals surface area contributed by atoms with Crippen molar-refractivity contribution in [3.63, 3.8) is 0 Å². The Kier molecular flexibility index (Phi) is 4.14. The maximum atomic E-state index is 12.9. The molecule has 0 radical (unpaired) electrons. The Balaban J connectivity index is 2.41. The quantitative estimate of drug-likeness (QED) is 0.895. The number of rotatable bonds is 4. The number of hydrogen-bond acceptors (Lipinski definition) is 4. The summed E-state index contributed by atoms with van der Waals surface area (Å²) in [5.41, 5.74) is -0.0368. The van der Waals surface area contributed by atoms with Crippen molar-refractivity contribution in [1.82, 2.24) is 9.97 Å². The number of aromatic nitrogens is 2. The normalized spacial score (nSPS) is 12.3. The number of benzene rings is 1. The Morgan fingerprint density at radius 2 is 2.05 bits per heavy atom. The first-order chi connectivity index (χ1) is 9.51. The zero-order valence-corrected chi connectivity index (χ0v) is 11.2. The van der Waals surface area contributed by atoms with Gasteiger partial charge in [-0.3, -0.25) is 4.79 Å². The molecule has 2 aromatic rings. The highest BCUT2D eigenvalue weighted by Gasteiger charge is 2.14. The third kappa shape index (κ3) is 3.03. The molecule has 1 aromatic heterocycles. The molecule has 5 nitrogen and oxygen atoms in total. The van der Waals surface area contributed by atoms with Gasteiger partial charge in [-0.1, -0.05) is 12.1 Å². The van der Waals surface area contributed by atoms with Gasteiger partial charge in [-0.25, -0.2) is 4.39 Å². The average molecular weight is 278 g/mol. The lowest BCUT2D eigenvalue weighted by molar-refractivity contribution is 0.117. The van der Waals surface area contributed by atoms with E-state index in [9.17, 15) is 14.3 Å². The van der Waals surface area contributed by atoms with Crippen molar-refractivity contribution in [3.05, 3.63) is 46.3 Å². The van der Waals surface area contributed by atoms with Crippen molar-refractivity contribution in [3.8, 4) is 17.0 Å². The smallest absolute Gasteiger partial charge is 0.262 e. The highest BCUT2D eigenvalue weighted by atomic mass is 19.1. The van der Waals surface area contributed by atoms with Gasteiger partial charge in [0.05, 0.1) is 6.10 Å². The molecule has 20 heavy (non-hydrogen) atoms. The van der Waals surface area contributed by atoms with Crippen LogP contribution >= 0.6 is 0 Å². The monoisotopic (exact) mass is 278 g/mol. The van der Waals surface area contributed by atoms with Crippen LogP contribution in [0.5, 0.6) is 5.88 Å². The molecular weight excluding hydrogens is 263 g/mol. The van der Waals surface area contributed by atoms with Crippen LogP contribution < -0.4 is 5.56 Å². The van der Waals surface area contributed by atoms with E-state index in [1.54, 1.807) is 7.11 Å². The molecule has 0 spiro atoms. The first-order valence-corrected chi connectivity index (χ1v) is 6.12. The third-order valence-corrected chi connectivity index (χ3v) is 2.97. The van der Waals surface area contributed by atoms with Gasteiger partial charge in [0.15, 0.2) is 0 Å². The van der Waals surface area contributed by atoms with Gasteiger partial charge in [0.2, 0.25) is 5.88 Å². The zero-order chi connectivity index (χ0) is 14.7. The summed E-state index contributed by atoms with van der Waals surface area (Å²) in [6.45, 7) is 1.82. The van der Waals surface area contributed by atoms with E-state index in [0.29, 0.717) is 17.8 Å². The molecule has 1 heterocycles. The number of H-pyrrole nitrogens is 1. The van der Waals surface area contributed by atoms with Gasteiger partial charge in [-0.2, -0.15) is 4.98 Å². The van der Waals surface area contributed by atoms with E-state index in [2.05, 4.69) is 9.97 Å². The van der Waals surface area contributed by atoms with Crippen LogP contribution in [-0.4, -0.2) is 28.3 Å². The Hall–Kier alpha value is -2.21. The second-order valence-electron chi connectivity index (χ2n) is 4.47. The standard InChI is InChI=1S/C14H15FN2O3/c1-8(20-2)7-11-16-13(18)12(14(19)17-11)9-3-5-10(15)6-4-9/h3-6,8H,7H2,1-2H3,(H2,16,17,18,19). The summed E-state index contributed by atoms with van der Waals surface area (Å²) in [7, 11) is 1.55. The van der Waals surface area contributed by atoms with E-state index < -0.39 is 11.4 Å². The summed E-state index contributed by atoms with van der Waals surface area (Å²) in [4.78, 5) is 18.6. The molecule has 0 aliphatic heterocycles.